The summed E-state index contributed by atoms with van der Waals surface area (Å²) in [7, 11) is 0. The van der Waals surface area contributed by atoms with Crippen molar-refractivity contribution in [2.75, 3.05) is 17.7 Å². The van der Waals surface area contributed by atoms with Crippen LogP contribution in [0.2, 0.25) is 0 Å². The number of carbonyl (C=O) groups is 1. The van der Waals surface area contributed by atoms with E-state index in [1.165, 1.54) is 30.6 Å². The molecule has 3 heterocycles. The number of nitrogens with one attached hydrogen (secondary N) is 1. The van der Waals surface area contributed by atoms with Crippen molar-refractivity contribution in [3.63, 3.8) is 0 Å². The Hall–Kier alpha value is -2.89. The quantitative estimate of drug-likeness (QED) is 0.542. The second-order valence-corrected chi connectivity index (χ2v) is 5.62. The number of nitrogens with zero attached hydrogens (tertiary/aromatic N) is 3. The summed E-state index contributed by atoms with van der Waals surface area (Å²) in [6.07, 6.45) is -3.56. The van der Waals surface area contributed by atoms with Crippen LogP contribution in [0, 0.1) is 0 Å². The zero-order valence-electron chi connectivity index (χ0n) is 13.3. The highest BCUT2D eigenvalue weighted by Crippen LogP contribution is 2.30. The molecule has 26 heavy (non-hydrogen) atoms. The predicted octanol–water partition coefficient (Wildman–Crippen LogP) is -0.939. The van der Waals surface area contributed by atoms with Gasteiger partial charge in [0.15, 0.2) is 12.4 Å². The van der Waals surface area contributed by atoms with Crippen molar-refractivity contribution in [3.8, 4) is 0 Å². The Balaban J connectivity index is 1.77. The lowest BCUT2D eigenvalue weighted by Crippen LogP contribution is -2.33. The van der Waals surface area contributed by atoms with Crippen LogP contribution < -0.4 is 16.7 Å². The monoisotopic (exact) mass is 365 g/mol. The zero-order valence-corrected chi connectivity index (χ0v) is 13.3. The van der Waals surface area contributed by atoms with Crippen LogP contribution in [0.25, 0.3) is 0 Å². The standard InChI is InChI=1S/C15H16FN5O5/c16-11-12(23)9(6-22)26-14(11)21-4-3-10(20-15(21)25)19-13(24)8-2-1-7(17)5-18-8/h1-5,9,11-12,14,22-23H,6,17H2,(H,19,20,24,25)/t9-,11-,12-,14-/m1/s1. The normalized spacial score (nSPS) is 25.2. The van der Waals surface area contributed by atoms with Gasteiger partial charge in [0, 0.05) is 6.20 Å². The molecule has 0 aromatic carbocycles. The summed E-state index contributed by atoms with van der Waals surface area (Å²) in [6, 6.07) is 4.17. The first-order valence-corrected chi connectivity index (χ1v) is 7.61. The Morgan fingerprint density at radius 1 is 1.42 bits per heavy atom. The maximum atomic E-state index is 14.1. The van der Waals surface area contributed by atoms with Crippen LogP contribution in [0.4, 0.5) is 15.9 Å². The van der Waals surface area contributed by atoms with E-state index in [4.69, 9.17) is 15.6 Å². The lowest BCUT2D eigenvalue weighted by molar-refractivity contribution is -0.0490. The molecule has 0 radical (unpaired) electrons. The van der Waals surface area contributed by atoms with Crippen molar-refractivity contribution in [1.82, 2.24) is 14.5 Å². The minimum absolute atomic E-state index is 0.0671. The number of halogens is 1. The van der Waals surface area contributed by atoms with E-state index in [9.17, 15) is 19.1 Å². The Kier molecular flexibility index (Phi) is 4.93. The van der Waals surface area contributed by atoms with Crippen molar-refractivity contribution >= 4 is 17.4 Å². The van der Waals surface area contributed by atoms with Crippen molar-refractivity contribution in [2.45, 2.75) is 24.6 Å². The molecule has 0 spiro atoms. The number of nitrogens with two attached hydrogens (primary N) is 1. The van der Waals surface area contributed by atoms with E-state index < -0.39 is 42.8 Å². The van der Waals surface area contributed by atoms with E-state index in [2.05, 4.69) is 15.3 Å². The number of alkyl halides is 1. The Labute approximate surface area is 146 Å². The Morgan fingerprint density at radius 3 is 2.77 bits per heavy atom. The molecule has 2 aromatic rings. The summed E-state index contributed by atoms with van der Waals surface area (Å²) in [4.78, 5) is 31.6. The minimum atomic E-state index is -1.91. The fraction of sp³-hybridized carbons (Fsp3) is 0.333. The number of aromatic nitrogens is 3. The van der Waals surface area contributed by atoms with Crippen LogP contribution in [0.3, 0.4) is 0 Å². The summed E-state index contributed by atoms with van der Waals surface area (Å²) in [5, 5.41) is 21.1. The number of pyridine rings is 1. The van der Waals surface area contributed by atoms with Gasteiger partial charge < -0.3 is 26.0 Å². The average Bonchev–Trinajstić information content (AvgIpc) is 2.90. The largest absolute Gasteiger partial charge is 0.397 e. The molecule has 1 amide bonds. The van der Waals surface area contributed by atoms with E-state index in [1.807, 2.05) is 0 Å². The van der Waals surface area contributed by atoms with Crippen molar-refractivity contribution in [3.05, 3.63) is 46.8 Å². The van der Waals surface area contributed by atoms with Gasteiger partial charge in [-0.05, 0) is 18.2 Å². The number of hydrogen-bond acceptors (Lipinski definition) is 8. The highest BCUT2D eigenvalue weighted by atomic mass is 19.1. The first-order chi connectivity index (χ1) is 12.4. The van der Waals surface area contributed by atoms with Gasteiger partial charge >= 0.3 is 5.69 Å². The summed E-state index contributed by atoms with van der Waals surface area (Å²) in [5.41, 5.74) is 5.06. The van der Waals surface area contributed by atoms with E-state index >= 15 is 0 Å². The van der Waals surface area contributed by atoms with Crippen LogP contribution in [0.15, 0.2) is 35.4 Å². The zero-order chi connectivity index (χ0) is 18.8. The molecule has 5 N–H and O–H groups in total. The number of carbonyl (C=O) groups excluding carboxylic acids is 1. The average molecular weight is 365 g/mol. The highest BCUT2D eigenvalue weighted by molar-refractivity contribution is 6.02. The second-order valence-electron chi connectivity index (χ2n) is 5.62. The number of ether oxygens (including phenoxy) is 1. The van der Waals surface area contributed by atoms with Gasteiger partial charge in [0.05, 0.1) is 18.5 Å². The number of aliphatic hydroxyl groups is 2. The third kappa shape index (κ3) is 3.40. The highest BCUT2D eigenvalue weighted by Gasteiger charge is 2.45. The molecule has 2 aromatic heterocycles. The van der Waals surface area contributed by atoms with Gasteiger partial charge in [-0.1, -0.05) is 0 Å². The molecule has 10 nitrogen and oxygen atoms in total. The minimum Gasteiger partial charge on any atom is -0.397 e. The lowest BCUT2D eigenvalue weighted by Gasteiger charge is -2.16. The second kappa shape index (κ2) is 7.15. The predicted molar refractivity (Wildman–Crippen MR) is 87.0 cm³/mol. The molecule has 138 valence electrons. The maximum Gasteiger partial charge on any atom is 0.351 e. The fourth-order valence-electron chi connectivity index (χ4n) is 2.47. The van der Waals surface area contributed by atoms with E-state index in [-0.39, 0.29) is 11.5 Å². The number of nitrogen functional groups attached to an aromatic ring is 1. The number of amides is 1. The van der Waals surface area contributed by atoms with Crippen LogP contribution in [0.5, 0.6) is 0 Å². The number of anilines is 2. The maximum absolute atomic E-state index is 14.1. The van der Waals surface area contributed by atoms with Gasteiger partial charge in [-0.15, -0.1) is 0 Å². The molecule has 1 aliphatic rings. The lowest BCUT2D eigenvalue weighted by atomic mass is 10.1. The van der Waals surface area contributed by atoms with Gasteiger partial charge in [0.25, 0.3) is 5.91 Å². The summed E-state index contributed by atoms with van der Waals surface area (Å²) in [5.74, 6) is -0.673. The number of hydrogen-bond donors (Lipinski definition) is 4. The van der Waals surface area contributed by atoms with Gasteiger partial charge in [-0.2, -0.15) is 4.98 Å². The Morgan fingerprint density at radius 2 is 2.19 bits per heavy atom. The smallest absolute Gasteiger partial charge is 0.351 e. The Bertz CT molecular complexity index is 858. The fourth-order valence-corrected chi connectivity index (χ4v) is 2.47. The van der Waals surface area contributed by atoms with Gasteiger partial charge in [0.2, 0.25) is 0 Å². The molecule has 0 saturated carbocycles. The molecular formula is C15H16FN5O5. The molecular weight excluding hydrogens is 349 g/mol. The van der Waals surface area contributed by atoms with Crippen LogP contribution in [-0.2, 0) is 4.74 Å². The third-order valence-corrected chi connectivity index (χ3v) is 3.84. The summed E-state index contributed by atoms with van der Waals surface area (Å²) < 4.78 is 20.1. The molecule has 0 bridgehead atoms. The molecule has 1 aliphatic heterocycles. The number of rotatable bonds is 4. The van der Waals surface area contributed by atoms with Crippen LogP contribution in [0.1, 0.15) is 16.7 Å². The van der Waals surface area contributed by atoms with Crippen molar-refractivity contribution in [1.29, 1.82) is 0 Å². The van der Waals surface area contributed by atoms with Gasteiger partial charge in [0.1, 0.15) is 23.7 Å². The van der Waals surface area contributed by atoms with E-state index in [0.717, 1.165) is 4.57 Å². The molecule has 3 rings (SSSR count). The molecule has 0 unspecified atom stereocenters. The molecule has 1 fully saturated rings. The SMILES string of the molecule is Nc1ccc(C(=O)Nc2ccn([C@@H]3O[C@H](CO)[C@@H](O)[C@H]3F)c(=O)n2)nc1. The van der Waals surface area contributed by atoms with Crippen LogP contribution in [-0.4, -0.2) is 55.6 Å². The molecule has 4 atom stereocenters. The summed E-state index contributed by atoms with van der Waals surface area (Å²) in [6.45, 7) is -0.594. The number of aliphatic hydroxyl groups excluding tert-OH is 2. The van der Waals surface area contributed by atoms with Gasteiger partial charge in [-0.25, -0.2) is 14.2 Å². The molecule has 1 saturated heterocycles. The first-order valence-electron chi connectivity index (χ1n) is 7.61. The topological polar surface area (TPSA) is 153 Å². The third-order valence-electron chi connectivity index (χ3n) is 3.84. The van der Waals surface area contributed by atoms with Crippen molar-refractivity contribution < 1.29 is 24.1 Å². The molecule has 0 aliphatic carbocycles. The van der Waals surface area contributed by atoms with E-state index in [1.54, 1.807) is 0 Å². The van der Waals surface area contributed by atoms with Crippen LogP contribution >= 0.6 is 0 Å². The summed E-state index contributed by atoms with van der Waals surface area (Å²) >= 11 is 0. The van der Waals surface area contributed by atoms with E-state index in [0.29, 0.717) is 5.69 Å². The van der Waals surface area contributed by atoms with Gasteiger partial charge in [-0.3, -0.25) is 9.36 Å². The first kappa shape index (κ1) is 17.9. The molecule has 11 heteroatoms. The van der Waals surface area contributed by atoms with Crippen molar-refractivity contribution in [2.24, 2.45) is 0 Å².